The van der Waals surface area contributed by atoms with Gasteiger partial charge < -0.3 is 0 Å². The van der Waals surface area contributed by atoms with E-state index in [1.54, 1.807) is 0 Å². The van der Waals surface area contributed by atoms with E-state index in [-0.39, 0.29) is 0 Å². The molecular formula is C49H31N5. The summed E-state index contributed by atoms with van der Waals surface area (Å²) < 4.78 is 0. The summed E-state index contributed by atoms with van der Waals surface area (Å²) in [5.74, 6) is 1.92. The van der Waals surface area contributed by atoms with Crippen LogP contribution in [0.5, 0.6) is 0 Å². The molecule has 0 spiro atoms. The molecule has 0 saturated heterocycles. The Morgan fingerprint density at radius 2 is 0.778 bits per heavy atom. The molecule has 0 atom stereocenters. The van der Waals surface area contributed by atoms with Crippen molar-refractivity contribution in [2.24, 2.45) is 0 Å². The quantitative estimate of drug-likeness (QED) is 0.163. The van der Waals surface area contributed by atoms with Crippen molar-refractivity contribution in [1.29, 1.82) is 0 Å². The second-order valence-corrected chi connectivity index (χ2v) is 13.3. The van der Waals surface area contributed by atoms with Gasteiger partial charge in [0.25, 0.3) is 0 Å². The summed E-state index contributed by atoms with van der Waals surface area (Å²) in [6.07, 6.45) is 0. The van der Waals surface area contributed by atoms with Crippen LogP contribution >= 0.6 is 0 Å². The Bertz CT molecular complexity index is 2890. The number of hydrogen-bond donors (Lipinski definition) is 0. The van der Waals surface area contributed by atoms with Gasteiger partial charge in [-0.1, -0.05) is 170 Å². The maximum Gasteiger partial charge on any atom is 0.164 e. The molecule has 252 valence electrons. The molecule has 0 fully saturated rings. The summed E-state index contributed by atoms with van der Waals surface area (Å²) >= 11 is 0. The number of fused-ring (bicyclic) bond motifs is 5. The average Bonchev–Trinajstić information content (AvgIpc) is 3.26. The van der Waals surface area contributed by atoms with Gasteiger partial charge in [0.1, 0.15) is 0 Å². The standard InChI is InChI=1S/C49H31N5/c1-5-13-33(14-6-1)42-29-26-35-25-28-40-41-31-39(27-30-43(41)51-45(44(40)46(35)50-42)34-15-7-2-8-16-34)32-21-23-38(24-22-32)49-53-47(36-17-9-3-10-18-36)52-48(54-49)37-19-11-4-12-20-37/h1-31H. The van der Waals surface area contributed by atoms with Crippen molar-refractivity contribution in [3.8, 4) is 67.8 Å². The van der Waals surface area contributed by atoms with E-state index in [1.165, 1.54) is 0 Å². The number of nitrogens with zero attached hydrogens (tertiary/aromatic N) is 5. The first-order chi connectivity index (χ1) is 26.7. The lowest BCUT2D eigenvalue weighted by Crippen LogP contribution is -2.00. The Kier molecular flexibility index (Phi) is 7.73. The van der Waals surface area contributed by atoms with Gasteiger partial charge in [-0.2, -0.15) is 0 Å². The number of benzene rings is 7. The molecule has 54 heavy (non-hydrogen) atoms. The number of pyridine rings is 2. The molecule has 0 unspecified atom stereocenters. The van der Waals surface area contributed by atoms with E-state index in [1.807, 2.05) is 72.8 Å². The molecule has 0 bridgehead atoms. The van der Waals surface area contributed by atoms with Crippen LogP contribution in [0, 0.1) is 0 Å². The van der Waals surface area contributed by atoms with Gasteiger partial charge in [0.15, 0.2) is 17.5 Å². The SMILES string of the molecule is c1ccc(-c2ccc3ccc4c5cc(-c6ccc(-c7nc(-c8ccccc8)nc(-c8ccccc8)n7)cc6)ccc5nc(-c5ccccc5)c4c3n2)cc1. The molecule has 0 aliphatic carbocycles. The van der Waals surface area contributed by atoms with Crippen LogP contribution in [0.25, 0.3) is 100 Å². The normalized spacial score (nSPS) is 11.3. The van der Waals surface area contributed by atoms with Crippen LogP contribution in [0.2, 0.25) is 0 Å². The molecule has 0 amide bonds. The van der Waals surface area contributed by atoms with Crippen LogP contribution < -0.4 is 0 Å². The molecule has 10 rings (SSSR count). The highest BCUT2D eigenvalue weighted by molar-refractivity contribution is 6.20. The molecule has 0 N–H and O–H groups in total. The zero-order valence-electron chi connectivity index (χ0n) is 29.1. The number of hydrogen-bond acceptors (Lipinski definition) is 5. The Hall–Kier alpha value is -7.37. The van der Waals surface area contributed by atoms with Crippen molar-refractivity contribution in [3.05, 3.63) is 188 Å². The van der Waals surface area contributed by atoms with E-state index in [4.69, 9.17) is 24.9 Å². The van der Waals surface area contributed by atoms with Crippen molar-refractivity contribution in [3.63, 3.8) is 0 Å². The van der Waals surface area contributed by atoms with Crippen LogP contribution in [0.15, 0.2) is 188 Å². The van der Waals surface area contributed by atoms with Crippen LogP contribution in [-0.2, 0) is 0 Å². The third-order valence-electron chi connectivity index (χ3n) is 9.91. The Balaban J connectivity index is 1.10. The topological polar surface area (TPSA) is 64.5 Å². The molecule has 0 aliphatic heterocycles. The van der Waals surface area contributed by atoms with Gasteiger partial charge in [-0.15, -0.1) is 0 Å². The zero-order valence-corrected chi connectivity index (χ0v) is 29.1. The number of rotatable bonds is 6. The van der Waals surface area contributed by atoms with Gasteiger partial charge in [-0.3, -0.25) is 0 Å². The van der Waals surface area contributed by atoms with Crippen LogP contribution in [-0.4, -0.2) is 24.9 Å². The smallest absolute Gasteiger partial charge is 0.164 e. The first-order valence-corrected chi connectivity index (χ1v) is 18.0. The third-order valence-corrected chi connectivity index (χ3v) is 9.91. The summed E-state index contributed by atoms with van der Waals surface area (Å²) in [7, 11) is 0. The number of aromatic nitrogens is 5. The molecule has 10 aromatic rings. The van der Waals surface area contributed by atoms with E-state index in [2.05, 4.69) is 115 Å². The van der Waals surface area contributed by atoms with Crippen molar-refractivity contribution >= 4 is 32.6 Å². The first-order valence-electron chi connectivity index (χ1n) is 18.0. The molecular weight excluding hydrogens is 659 g/mol. The minimum Gasteiger partial charge on any atom is -0.247 e. The van der Waals surface area contributed by atoms with Crippen molar-refractivity contribution < 1.29 is 0 Å². The van der Waals surface area contributed by atoms with Gasteiger partial charge in [0.05, 0.1) is 22.4 Å². The second kappa shape index (κ2) is 13.3. The van der Waals surface area contributed by atoms with E-state index in [9.17, 15) is 0 Å². The fourth-order valence-electron chi connectivity index (χ4n) is 7.18. The monoisotopic (exact) mass is 689 g/mol. The molecule has 0 saturated carbocycles. The molecule has 0 radical (unpaired) electrons. The molecule has 3 aromatic heterocycles. The van der Waals surface area contributed by atoms with Crippen LogP contribution in [0.1, 0.15) is 0 Å². The van der Waals surface area contributed by atoms with Gasteiger partial charge >= 0.3 is 0 Å². The second-order valence-electron chi connectivity index (χ2n) is 13.3. The predicted molar refractivity (Wildman–Crippen MR) is 221 cm³/mol. The highest BCUT2D eigenvalue weighted by atomic mass is 15.0. The lowest BCUT2D eigenvalue weighted by Gasteiger charge is -2.14. The van der Waals surface area contributed by atoms with Gasteiger partial charge in [-0.25, -0.2) is 24.9 Å². The summed E-state index contributed by atoms with van der Waals surface area (Å²) in [6, 6.07) is 64.6. The summed E-state index contributed by atoms with van der Waals surface area (Å²) in [4.78, 5) is 25.3. The van der Waals surface area contributed by atoms with Gasteiger partial charge in [-0.05, 0) is 34.7 Å². The fourth-order valence-corrected chi connectivity index (χ4v) is 7.18. The maximum absolute atomic E-state index is 5.32. The lowest BCUT2D eigenvalue weighted by atomic mass is 9.95. The van der Waals surface area contributed by atoms with Gasteiger partial charge in [0, 0.05) is 44.0 Å². The Morgan fingerprint density at radius 1 is 0.296 bits per heavy atom. The van der Waals surface area contributed by atoms with E-state index in [0.29, 0.717) is 17.5 Å². The van der Waals surface area contributed by atoms with Crippen molar-refractivity contribution in [2.75, 3.05) is 0 Å². The van der Waals surface area contributed by atoms with Crippen molar-refractivity contribution in [2.45, 2.75) is 0 Å². The lowest BCUT2D eigenvalue weighted by molar-refractivity contribution is 1.07. The molecule has 5 nitrogen and oxygen atoms in total. The predicted octanol–water partition coefficient (Wildman–Crippen LogP) is 12.1. The average molecular weight is 690 g/mol. The zero-order chi connectivity index (χ0) is 35.8. The minimum atomic E-state index is 0.630. The summed E-state index contributed by atoms with van der Waals surface area (Å²) in [6.45, 7) is 0. The van der Waals surface area contributed by atoms with Crippen LogP contribution in [0.4, 0.5) is 0 Å². The Labute approximate surface area is 312 Å². The molecule has 7 aromatic carbocycles. The van der Waals surface area contributed by atoms with Gasteiger partial charge in [0.2, 0.25) is 0 Å². The highest BCUT2D eigenvalue weighted by Gasteiger charge is 2.17. The molecule has 0 aliphatic rings. The largest absolute Gasteiger partial charge is 0.247 e. The molecule has 3 heterocycles. The maximum atomic E-state index is 5.32. The summed E-state index contributed by atoms with van der Waals surface area (Å²) in [5.41, 5.74) is 10.9. The summed E-state index contributed by atoms with van der Waals surface area (Å²) in [5, 5.41) is 4.33. The van der Waals surface area contributed by atoms with E-state index >= 15 is 0 Å². The molecule has 5 heteroatoms. The highest BCUT2D eigenvalue weighted by Crippen LogP contribution is 2.39. The van der Waals surface area contributed by atoms with E-state index in [0.717, 1.165) is 82.9 Å². The fraction of sp³-hybridized carbons (Fsp3) is 0. The Morgan fingerprint density at radius 3 is 1.37 bits per heavy atom. The third kappa shape index (κ3) is 5.74. The van der Waals surface area contributed by atoms with E-state index < -0.39 is 0 Å². The van der Waals surface area contributed by atoms with Crippen LogP contribution in [0.3, 0.4) is 0 Å². The first kappa shape index (κ1) is 31.4. The van der Waals surface area contributed by atoms with Crippen molar-refractivity contribution in [1.82, 2.24) is 24.9 Å². The minimum absolute atomic E-state index is 0.630.